The highest BCUT2D eigenvalue weighted by atomic mass is 19.2. The molecule has 0 aliphatic carbocycles. The summed E-state index contributed by atoms with van der Waals surface area (Å²) in [6, 6.07) is 7.95. The topological polar surface area (TPSA) is 35.2 Å². The number of ether oxygens (including phenoxy) is 1. The number of benzene rings is 2. The summed E-state index contributed by atoms with van der Waals surface area (Å²) in [5.41, 5.74) is 6.78. The van der Waals surface area contributed by atoms with Gasteiger partial charge in [0.2, 0.25) is 0 Å². The van der Waals surface area contributed by atoms with Gasteiger partial charge in [-0.05, 0) is 49.2 Å². The van der Waals surface area contributed by atoms with Crippen LogP contribution in [0.2, 0.25) is 0 Å². The van der Waals surface area contributed by atoms with Crippen LogP contribution in [0, 0.1) is 17.5 Å². The van der Waals surface area contributed by atoms with E-state index in [4.69, 9.17) is 10.5 Å². The minimum atomic E-state index is -1.50. The molecule has 1 unspecified atom stereocenters. The van der Waals surface area contributed by atoms with Gasteiger partial charge < -0.3 is 10.5 Å². The minimum Gasteiger partial charge on any atom is -0.491 e. The number of hydrogen-bond donors (Lipinski definition) is 1. The Labute approximate surface area is 121 Å². The van der Waals surface area contributed by atoms with E-state index >= 15 is 0 Å². The maximum absolute atomic E-state index is 13.3. The molecule has 1 atom stereocenters. The van der Waals surface area contributed by atoms with Crippen molar-refractivity contribution in [3.63, 3.8) is 0 Å². The van der Waals surface area contributed by atoms with E-state index in [0.717, 1.165) is 12.1 Å². The zero-order valence-electron chi connectivity index (χ0n) is 11.7. The van der Waals surface area contributed by atoms with Crippen molar-refractivity contribution >= 4 is 0 Å². The van der Waals surface area contributed by atoms with Gasteiger partial charge in [-0.3, -0.25) is 0 Å². The third-order valence-electron chi connectivity index (χ3n) is 2.95. The second-order valence-corrected chi connectivity index (χ2v) is 5.02. The monoisotopic (exact) mass is 295 g/mol. The zero-order valence-corrected chi connectivity index (χ0v) is 11.7. The fourth-order valence-electron chi connectivity index (χ4n) is 2.00. The second-order valence-electron chi connectivity index (χ2n) is 5.02. The van der Waals surface area contributed by atoms with E-state index in [1.807, 2.05) is 13.8 Å². The fraction of sp³-hybridized carbons (Fsp3) is 0.250. The third-order valence-corrected chi connectivity index (χ3v) is 2.95. The molecule has 2 nitrogen and oxygen atoms in total. The van der Waals surface area contributed by atoms with Gasteiger partial charge in [0.15, 0.2) is 17.5 Å². The molecule has 2 N–H and O–H groups in total. The fourth-order valence-corrected chi connectivity index (χ4v) is 2.00. The van der Waals surface area contributed by atoms with Crippen LogP contribution >= 0.6 is 0 Å². The van der Waals surface area contributed by atoms with Gasteiger partial charge in [0.1, 0.15) is 5.75 Å². The van der Waals surface area contributed by atoms with Crippen LogP contribution in [0.5, 0.6) is 5.75 Å². The molecule has 0 saturated heterocycles. The van der Waals surface area contributed by atoms with Crippen molar-refractivity contribution < 1.29 is 17.9 Å². The highest BCUT2D eigenvalue weighted by Gasteiger charge is 2.16. The molecule has 2 aromatic rings. The van der Waals surface area contributed by atoms with E-state index in [9.17, 15) is 13.2 Å². The number of hydrogen-bond acceptors (Lipinski definition) is 2. The van der Waals surface area contributed by atoms with Gasteiger partial charge in [0.25, 0.3) is 0 Å². The Morgan fingerprint density at radius 3 is 2.14 bits per heavy atom. The lowest BCUT2D eigenvalue weighted by Crippen LogP contribution is -2.14. The molecule has 5 heteroatoms. The number of rotatable bonds is 4. The van der Waals surface area contributed by atoms with Gasteiger partial charge in [-0.1, -0.05) is 12.1 Å². The summed E-state index contributed by atoms with van der Waals surface area (Å²) in [6.45, 7) is 3.77. The van der Waals surface area contributed by atoms with Crippen LogP contribution in [0.25, 0.3) is 0 Å². The average molecular weight is 295 g/mol. The van der Waals surface area contributed by atoms with Crippen molar-refractivity contribution in [2.75, 3.05) is 0 Å². The standard InChI is InChI=1S/C16H16F3NO/c1-9(2)21-12-5-3-4-10(6-12)16(20)11-7-13(17)15(19)14(18)8-11/h3-9,16H,20H2,1-2H3. The van der Waals surface area contributed by atoms with Gasteiger partial charge in [0, 0.05) is 0 Å². The lowest BCUT2D eigenvalue weighted by atomic mass is 9.99. The smallest absolute Gasteiger partial charge is 0.194 e. The molecule has 0 heterocycles. The molecule has 0 fully saturated rings. The van der Waals surface area contributed by atoms with Gasteiger partial charge >= 0.3 is 0 Å². The van der Waals surface area contributed by atoms with E-state index < -0.39 is 23.5 Å². The third kappa shape index (κ3) is 3.55. The summed E-state index contributed by atoms with van der Waals surface area (Å²) in [5.74, 6) is -3.39. The Hall–Kier alpha value is -2.01. The number of halogens is 3. The van der Waals surface area contributed by atoms with Crippen LogP contribution in [0.3, 0.4) is 0 Å². The van der Waals surface area contributed by atoms with Crippen molar-refractivity contribution in [1.82, 2.24) is 0 Å². The van der Waals surface area contributed by atoms with Crippen LogP contribution in [0.1, 0.15) is 31.0 Å². The van der Waals surface area contributed by atoms with E-state index in [1.165, 1.54) is 0 Å². The second kappa shape index (κ2) is 6.18. The predicted octanol–water partition coefficient (Wildman–Crippen LogP) is 3.94. The first-order valence-corrected chi connectivity index (χ1v) is 6.55. The summed E-state index contributed by atoms with van der Waals surface area (Å²) in [7, 11) is 0. The SMILES string of the molecule is CC(C)Oc1cccc(C(N)c2cc(F)c(F)c(F)c2)c1. The molecule has 21 heavy (non-hydrogen) atoms. The Morgan fingerprint density at radius 1 is 0.952 bits per heavy atom. The van der Waals surface area contributed by atoms with Crippen LogP contribution in [0.15, 0.2) is 36.4 Å². The van der Waals surface area contributed by atoms with Gasteiger partial charge in [-0.2, -0.15) is 0 Å². The molecule has 0 aliphatic heterocycles. The van der Waals surface area contributed by atoms with Crippen molar-refractivity contribution in [2.45, 2.75) is 26.0 Å². The molecule has 0 saturated carbocycles. The van der Waals surface area contributed by atoms with E-state index in [-0.39, 0.29) is 11.7 Å². The molecule has 2 rings (SSSR count). The molecule has 0 spiro atoms. The summed E-state index contributed by atoms with van der Waals surface area (Å²) in [4.78, 5) is 0. The summed E-state index contributed by atoms with van der Waals surface area (Å²) in [6.07, 6.45) is -0.00261. The Bertz CT molecular complexity index is 620. The maximum Gasteiger partial charge on any atom is 0.194 e. The highest BCUT2D eigenvalue weighted by molar-refractivity contribution is 5.37. The summed E-state index contributed by atoms with van der Waals surface area (Å²) in [5, 5.41) is 0. The quantitative estimate of drug-likeness (QED) is 0.867. The largest absolute Gasteiger partial charge is 0.491 e. The molecule has 2 aromatic carbocycles. The van der Waals surface area contributed by atoms with E-state index in [0.29, 0.717) is 11.3 Å². The highest BCUT2D eigenvalue weighted by Crippen LogP contribution is 2.26. The van der Waals surface area contributed by atoms with E-state index in [2.05, 4.69) is 0 Å². The van der Waals surface area contributed by atoms with E-state index in [1.54, 1.807) is 24.3 Å². The first-order valence-electron chi connectivity index (χ1n) is 6.55. The lowest BCUT2D eigenvalue weighted by Gasteiger charge is -2.16. The normalized spacial score (nSPS) is 12.5. The van der Waals surface area contributed by atoms with Gasteiger partial charge in [-0.15, -0.1) is 0 Å². The Kier molecular flexibility index (Phi) is 4.53. The minimum absolute atomic E-state index is 0.00261. The first kappa shape index (κ1) is 15.4. The first-order chi connectivity index (χ1) is 9.88. The molecule has 0 radical (unpaired) electrons. The van der Waals surface area contributed by atoms with Crippen molar-refractivity contribution in [1.29, 1.82) is 0 Å². The molecule has 0 aromatic heterocycles. The number of nitrogens with two attached hydrogens (primary N) is 1. The maximum atomic E-state index is 13.3. The molecule has 0 bridgehead atoms. The predicted molar refractivity (Wildman–Crippen MR) is 74.6 cm³/mol. The van der Waals surface area contributed by atoms with Gasteiger partial charge in [-0.25, -0.2) is 13.2 Å². The average Bonchev–Trinajstić information content (AvgIpc) is 2.43. The zero-order chi connectivity index (χ0) is 15.6. The van der Waals surface area contributed by atoms with Crippen molar-refractivity contribution in [3.05, 3.63) is 65.0 Å². The molecule has 112 valence electrons. The molecule has 0 aliphatic rings. The van der Waals surface area contributed by atoms with Crippen LogP contribution in [-0.2, 0) is 0 Å². The Balaban J connectivity index is 2.33. The molecular formula is C16H16F3NO. The Morgan fingerprint density at radius 2 is 1.57 bits per heavy atom. The molecular weight excluding hydrogens is 279 g/mol. The van der Waals surface area contributed by atoms with Crippen molar-refractivity contribution in [2.24, 2.45) is 5.73 Å². The lowest BCUT2D eigenvalue weighted by molar-refractivity contribution is 0.242. The summed E-state index contributed by atoms with van der Waals surface area (Å²) >= 11 is 0. The van der Waals surface area contributed by atoms with Gasteiger partial charge in [0.05, 0.1) is 12.1 Å². The summed E-state index contributed by atoms with van der Waals surface area (Å²) < 4.78 is 45.1. The molecule has 0 amide bonds. The van der Waals surface area contributed by atoms with Crippen LogP contribution in [0.4, 0.5) is 13.2 Å². The van der Waals surface area contributed by atoms with Crippen molar-refractivity contribution in [3.8, 4) is 5.75 Å². The van der Waals surface area contributed by atoms with Crippen LogP contribution in [-0.4, -0.2) is 6.10 Å². The van der Waals surface area contributed by atoms with Crippen LogP contribution < -0.4 is 10.5 Å².